The van der Waals surface area contributed by atoms with Gasteiger partial charge in [0.15, 0.2) is 5.84 Å². The molecule has 6 nitrogen and oxygen atoms in total. The molecule has 0 aromatic rings. The van der Waals surface area contributed by atoms with Gasteiger partial charge in [-0.05, 0) is 19.9 Å². The third-order valence-electron chi connectivity index (χ3n) is 1.91. The number of nitrogens with zero attached hydrogens (tertiary/aromatic N) is 1. The number of methoxy groups -OCH3 is 1. The van der Waals surface area contributed by atoms with Crippen LogP contribution in [0.15, 0.2) is 5.16 Å². The van der Waals surface area contributed by atoms with Gasteiger partial charge >= 0.3 is 0 Å². The Morgan fingerprint density at radius 3 is 2.80 bits per heavy atom. The predicted molar refractivity (Wildman–Crippen MR) is 58.2 cm³/mol. The summed E-state index contributed by atoms with van der Waals surface area (Å²) < 4.78 is 10.1. The van der Waals surface area contributed by atoms with Crippen molar-refractivity contribution in [3.8, 4) is 0 Å². The molecule has 6 heteroatoms. The Labute approximate surface area is 90.4 Å². The highest BCUT2D eigenvalue weighted by molar-refractivity contribution is 5.84. The molecule has 1 atom stereocenters. The lowest BCUT2D eigenvalue weighted by atomic mass is 10.3. The minimum absolute atomic E-state index is 0.117. The van der Waals surface area contributed by atoms with E-state index in [1.807, 2.05) is 6.92 Å². The van der Waals surface area contributed by atoms with Crippen molar-refractivity contribution in [3.63, 3.8) is 0 Å². The van der Waals surface area contributed by atoms with E-state index in [2.05, 4.69) is 10.5 Å². The van der Waals surface area contributed by atoms with Crippen molar-refractivity contribution in [2.24, 2.45) is 10.9 Å². The maximum absolute atomic E-state index is 8.39. The van der Waals surface area contributed by atoms with E-state index in [0.29, 0.717) is 19.8 Å². The number of oxime groups is 1. The van der Waals surface area contributed by atoms with Crippen molar-refractivity contribution < 1.29 is 14.7 Å². The molecular weight excluding hydrogens is 198 g/mol. The molecule has 0 bridgehead atoms. The number of nitrogens with one attached hydrogen (secondary N) is 1. The smallest absolute Gasteiger partial charge is 0.156 e. The van der Waals surface area contributed by atoms with Gasteiger partial charge in [0.2, 0.25) is 0 Å². The first kappa shape index (κ1) is 14.2. The Balaban J connectivity index is 3.24. The molecule has 0 rings (SSSR count). The van der Waals surface area contributed by atoms with E-state index in [9.17, 15) is 0 Å². The average Bonchev–Trinajstić information content (AvgIpc) is 2.26. The summed E-state index contributed by atoms with van der Waals surface area (Å²) in [6.07, 6.45) is 0.882. The minimum Gasteiger partial charge on any atom is -0.409 e. The predicted octanol–water partition coefficient (Wildman–Crippen LogP) is -0.236. The molecule has 1 unspecified atom stereocenters. The molecule has 4 N–H and O–H groups in total. The first-order valence-electron chi connectivity index (χ1n) is 4.99. The molecule has 15 heavy (non-hydrogen) atoms. The lowest BCUT2D eigenvalue weighted by molar-refractivity contribution is 0.0694. The highest BCUT2D eigenvalue weighted by Gasteiger charge is 2.04. The molecule has 0 aromatic carbocycles. The number of ether oxygens (including phenoxy) is 2. The van der Waals surface area contributed by atoms with Crippen molar-refractivity contribution >= 4 is 5.84 Å². The molecule has 0 saturated carbocycles. The highest BCUT2D eigenvalue weighted by atomic mass is 16.5. The summed E-state index contributed by atoms with van der Waals surface area (Å²) in [5.74, 6) is 0.190. The molecule has 90 valence electrons. The van der Waals surface area contributed by atoms with Crippen molar-refractivity contribution in [1.82, 2.24) is 5.32 Å². The molecule has 0 heterocycles. The van der Waals surface area contributed by atoms with Crippen molar-refractivity contribution in [2.45, 2.75) is 19.4 Å². The Morgan fingerprint density at radius 2 is 2.20 bits per heavy atom. The maximum Gasteiger partial charge on any atom is 0.156 e. The van der Waals surface area contributed by atoms with Crippen LogP contribution in [0.4, 0.5) is 0 Å². The Bertz CT molecular complexity index is 176. The van der Waals surface area contributed by atoms with E-state index < -0.39 is 0 Å². The second-order valence-corrected chi connectivity index (χ2v) is 3.16. The van der Waals surface area contributed by atoms with Crippen molar-refractivity contribution in [3.05, 3.63) is 0 Å². The summed E-state index contributed by atoms with van der Waals surface area (Å²) in [6.45, 7) is 4.52. The molecule has 0 radical (unpaired) electrons. The van der Waals surface area contributed by atoms with E-state index in [-0.39, 0.29) is 11.9 Å². The maximum atomic E-state index is 8.39. The van der Waals surface area contributed by atoms with Gasteiger partial charge in [0, 0.05) is 13.7 Å². The van der Waals surface area contributed by atoms with E-state index in [0.717, 1.165) is 13.0 Å². The molecule has 0 spiro atoms. The molecule has 0 aliphatic rings. The van der Waals surface area contributed by atoms with E-state index in [4.69, 9.17) is 20.4 Å². The van der Waals surface area contributed by atoms with Crippen LogP contribution in [0, 0.1) is 0 Å². The SMILES string of the molecule is COCCOCCCNC(C)C(N)=NO. The summed E-state index contributed by atoms with van der Waals surface area (Å²) in [4.78, 5) is 0. The second kappa shape index (κ2) is 9.70. The van der Waals surface area contributed by atoms with E-state index in [1.165, 1.54) is 0 Å². The monoisotopic (exact) mass is 219 g/mol. The third kappa shape index (κ3) is 8.17. The fraction of sp³-hybridized carbons (Fsp3) is 0.889. The van der Waals surface area contributed by atoms with Gasteiger partial charge in [-0.3, -0.25) is 0 Å². The van der Waals surface area contributed by atoms with Gasteiger partial charge in [0.05, 0.1) is 19.3 Å². The summed E-state index contributed by atoms with van der Waals surface area (Å²) in [6, 6.07) is -0.117. The van der Waals surface area contributed by atoms with E-state index in [1.54, 1.807) is 7.11 Å². The normalized spacial score (nSPS) is 14.1. The molecule has 0 aliphatic heterocycles. The number of hydrogen-bond acceptors (Lipinski definition) is 5. The van der Waals surface area contributed by atoms with Crippen LogP contribution in [0.5, 0.6) is 0 Å². The minimum atomic E-state index is -0.117. The fourth-order valence-electron chi connectivity index (χ4n) is 0.928. The largest absolute Gasteiger partial charge is 0.409 e. The first-order chi connectivity index (χ1) is 7.22. The zero-order chi connectivity index (χ0) is 11.5. The van der Waals surface area contributed by atoms with Crippen LogP contribution >= 0.6 is 0 Å². The summed E-state index contributed by atoms with van der Waals surface area (Å²) in [5, 5.41) is 14.4. The molecule has 0 aliphatic carbocycles. The van der Waals surface area contributed by atoms with Gasteiger partial charge in [-0.25, -0.2) is 0 Å². The van der Waals surface area contributed by atoms with Crippen LogP contribution in [0.3, 0.4) is 0 Å². The van der Waals surface area contributed by atoms with Crippen LogP contribution in [0.2, 0.25) is 0 Å². The summed E-state index contributed by atoms with van der Waals surface area (Å²) >= 11 is 0. The number of amidine groups is 1. The summed E-state index contributed by atoms with van der Waals surface area (Å²) in [5.41, 5.74) is 5.39. The average molecular weight is 219 g/mol. The zero-order valence-corrected chi connectivity index (χ0v) is 9.40. The standard InChI is InChI=1S/C9H21N3O3/c1-8(9(10)12-13)11-4-3-5-15-7-6-14-2/h8,11,13H,3-7H2,1-2H3,(H2,10,12). The Kier molecular flexibility index (Phi) is 9.15. The Morgan fingerprint density at radius 1 is 1.47 bits per heavy atom. The van der Waals surface area contributed by atoms with Gasteiger partial charge in [-0.2, -0.15) is 0 Å². The highest BCUT2D eigenvalue weighted by Crippen LogP contribution is 1.85. The van der Waals surface area contributed by atoms with Gasteiger partial charge in [-0.15, -0.1) is 0 Å². The fourth-order valence-corrected chi connectivity index (χ4v) is 0.928. The topological polar surface area (TPSA) is 89.1 Å². The van der Waals surface area contributed by atoms with Crippen LogP contribution in [0.1, 0.15) is 13.3 Å². The van der Waals surface area contributed by atoms with Gasteiger partial charge in [0.25, 0.3) is 0 Å². The van der Waals surface area contributed by atoms with Gasteiger partial charge in [0.1, 0.15) is 0 Å². The van der Waals surface area contributed by atoms with Crippen LogP contribution in [-0.2, 0) is 9.47 Å². The van der Waals surface area contributed by atoms with Crippen LogP contribution < -0.4 is 11.1 Å². The third-order valence-corrected chi connectivity index (χ3v) is 1.91. The molecular formula is C9H21N3O3. The number of rotatable bonds is 9. The lowest BCUT2D eigenvalue weighted by Crippen LogP contribution is -2.39. The lowest BCUT2D eigenvalue weighted by Gasteiger charge is -2.11. The molecule has 0 saturated heterocycles. The van der Waals surface area contributed by atoms with Gasteiger partial charge in [-0.1, -0.05) is 5.16 Å². The van der Waals surface area contributed by atoms with Crippen LogP contribution in [0.25, 0.3) is 0 Å². The van der Waals surface area contributed by atoms with E-state index >= 15 is 0 Å². The summed E-state index contributed by atoms with van der Waals surface area (Å²) in [7, 11) is 1.64. The van der Waals surface area contributed by atoms with Crippen molar-refractivity contribution in [2.75, 3.05) is 33.5 Å². The quantitative estimate of drug-likeness (QED) is 0.164. The zero-order valence-electron chi connectivity index (χ0n) is 9.40. The molecule has 0 fully saturated rings. The molecule has 0 aromatic heterocycles. The Hall–Kier alpha value is -0.850. The first-order valence-corrected chi connectivity index (χ1v) is 4.99. The van der Waals surface area contributed by atoms with Gasteiger partial charge < -0.3 is 25.7 Å². The second-order valence-electron chi connectivity index (χ2n) is 3.16. The van der Waals surface area contributed by atoms with Crippen molar-refractivity contribution in [1.29, 1.82) is 0 Å². The molecule has 0 amide bonds. The van der Waals surface area contributed by atoms with Crippen LogP contribution in [-0.4, -0.2) is 50.6 Å². The number of nitrogens with two attached hydrogens (primary N) is 1. The number of hydrogen-bond donors (Lipinski definition) is 3.